The van der Waals surface area contributed by atoms with Crippen LogP contribution in [0.25, 0.3) is 28.1 Å². The van der Waals surface area contributed by atoms with E-state index in [0.29, 0.717) is 48.1 Å². The van der Waals surface area contributed by atoms with E-state index in [1.165, 1.54) is 30.3 Å². The number of fused-ring (bicyclic) bond motifs is 2. The summed E-state index contributed by atoms with van der Waals surface area (Å²) >= 11 is 0. The molecule has 1 atom stereocenters. The van der Waals surface area contributed by atoms with Crippen molar-refractivity contribution in [2.45, 2.75) is 32.1 Å². The van der Waals surface area contributed by atoms with E-state index in [1.54, 1.807) is 36.4 Å². The first-order valence-corrected chi connectivity index (χ1v) is 17.8. The van der Waals surface area contributed by atoms with Crippen LogP contribution >= 0.6 is 0 Å². The van der Waals surface area contributed by atoms with Crippen LogP contribution in [0.3, 0.4) is 0 Å². The van der Waals surface area contributed by atoms with Crippen LogP contribution in [0.15, 0.2) is 127 Å². The van der Waals surface area contributed by atoms with Crippen molar-refractivity contribution >= 4 is 17.4 Å². The lowest BCUT2D eigenvalue weighted by Crippen LogP contribution is -2.16. The summed E-state index contributed by atoms with van der Waals surface area (Å²) in [5.41, 5.74) is 16.2. The number of primary amides is 2. The first kappa shape index (κ1) is 41.7. The number of nitrogens with zero attached hydrogens (tertiary/aromatic N) is 2. The van der Waals surface area contributed by atoms with Gasteiger partial charge >= 0.3 is 12.4 Å². The van der Waals surface area contributed by atoms with Crippen molar-refractivity contribution in [1.82, 2.24) is 9.97 Å². The molecule has 304 valence electrons. The lowest BCUT2D eigenvalue weighted by molar-refractivity contribution is -0.138. The van der Waals surface area contributed by atoms with Crippen LogP contribution in [0.5, 0.6) is 11.5 Å². The topological polar surface area (TPSA) is 130 Å². The summed E-state index contributed by atoms with van der Waals surface area (Å²) in [4.78, 5) is 31.2. The Bertz CT molecular complexity index is 2540. The normalized spacial score (nSPS) is 14.4. The van der Waals surface area contributed by atoms with Crippen molar-refractivity contribution in [3.63, 3.8) is 0 Å². The second-order valence-electron chi connectivity index (χ2n) is 13.3. The number of rotatable bonds is 6. The molecular formula is C45H38F6N4O4. The van der Waals surface area contributed by atoms with Gasteiger partial charge in [0.15, 0.2) is 0 Å². The van der Waals surface area contributed by atoms with Gasteiger partial charge in [-0.25, -0.2) is 9.97 Å². The van der Waals surface area contributed by atoms with Crippen LogP contribution in [0.4, 0.5) is 26.3 Å². The van der Waals surface area contributed by atoms with Gasteiger partial charge in [0.25, 0.3) is 11.8 Å². The molecule has 0 radical (unpaired) electrons. The number of carbonyl (C=O) groups excluding carboxylic acids is 2. The third kappa shape index (κ3) is 9.27. The van der Waals surface area contributed by atoms with Gasteiger partial charge in [0.05, 0.1) is 29.1 Å². The van der Waals surface area contributed by atoms with E-state index in [0.717, 1.165) is 57.7 Å². The Morgan fingerprint density at radius 1 is 0.627 bits per heavy atom. The van der Waals surface area contributed by atoms with Gasteiger partial charge in [-0.15, -0.1) is 0 Å². The predicted octanol–water partition coefficient (Wildman–Crippen LogP) is 10.4. The molecular weight excluding hydrogens is 775 g/mol. The van der Waals surface area contributed by atoms with Crippen LogP contribution in [0.1, 0.15) is 75.5 Å². The second-order valence-corrected chi connectivity index (χ2v) is 13.3. The van der Waals surface area contributed by atoms with Crippen LogP contribution in [-0.2, 0) is 12.4 Å². The Morgan fingerprint density at radius 3 is 1.68 bits per heavy atom. The molecule has 8 rings (SSSR count). The average molecular weight is 813 g/mol. The van der Waals surface area contributed by atoms with Crippen molar-refractivity contribution < 1.29 is 46.8 Å². The SMILES string of the molecule is C.NC(=O)c1cccc(-c2ccc3c(c2)OCC=C3c2ccc(C(F)(F)F)cc2)n1.NC(=O)c1cccc(-c2ccc3c(c2)OCCC3c2ccc(C(F)(F)F)cc2)n1.[HH]. The highest BCUT2D eigenvalue weighted by Crippen LogP contribution is 2.42. The zero-order valence-corrected chi connectivity index (χ0v) is 30.3. The molecule has 0 spiro atoms. The zero-order valence-electron chi connectivity index (χ0n) is 30.3. The van der Waals surface area contributed by atoms with E-state index in [1.807, 2.05) is 36.4 Å². The molecule has 6 aromatic rings. The third-order valence-electron chi connectivity index (χ3n) is 9.61. The lowest BCUT2D eigenvalue weighted by atomic mass is 9.85. The Morgan fingerprint density at radius 2 is 1.14 bits per heavy atom. The largest absolute Gasteiger partial charge is 0.493 e. The number of nitrogens with two attached hydrogens (primary N) is 2. The number of halogens is 6. The van der Waals surface area contributed by atoms with Gasteiger partial charge in [-0.3, -0.25) is 9.59 Å². The van der Waals surface area contributed by atoms with Gasteiger partial charge in [-0.2, -0.15) is 26.3 Å². The summed E-state index contributed by atoms with van der Waals surface area (Å²) < 4.78 is 88.4. The Labute approximate surface area is 336 Å². The van der Waals surface area contributed by atoms with E-state index in [4.69, 9.17) is 20.9 Å². The monoisotopic (exact) mass is 812 g/mol. The summed E-state index contributed by atoms with van der Waals surface area (Å²) in [7, 11) is 0. The highest BCUT2D eigenvalue weighted by molar-refractivity contribution is 5.92. The van der Waals surface area contributed by atoms with Crippen LogP contribution in [0.2, 0.25) is 0 Å². The molecule has 0 fully saturated rings. The summed E-state index contributed by atoms with van der Waals surface area (Å²) in [6.45, 7) is 0.748. The number of pyridine rings is 2. The fourth-order valence-electron chi connectivity index (χ4n) is 6.73. The first-order chi connectivity index (χ1) is 27.7. The minimum atomic E-state index is -4.37. The second kappa shape index (κ2) is 16.9. The number of carbonyl (C=O) groups is 2. The molecule has 0 aliphatic carbocycles. The number of amides is 2. The number of hydrogen-bond acceptors (Lipinski definition) is 6. The standard InChI is InChI=1S/C22H17F3N2O2.C22H15F3N2O2.CH4.H2/c2*23-22(24,25)15-7-4-13(5-8-15)16-10-11-29-20-12-14(6-9-17(16)20)18-2-1-3-19(27-18)21(26)28;;/h1-9,12,16H,10-11H2,(H2,26,28);1-10,12H,11H2,(H2,26,28);1H4;1H. The summed E-state index contributed by atoms with van der Waals surface area (Å²) in [5.74, 6) is -0.0342. The molecule has 4 N–H and O–H groups in total. The molecule has 0 saturated heterocycles. The van der Waals surface area contributed by atoms with Crippen molar-refractivity contribution in [3.8, 4) is 34.0 Å². The molecule has 2 aliphatic heterocycles. The number of alkyl halides is 6. The number of aromatic nitrogens is 2. The van der Waals surface area contributed by atoms with Gasteiger partial charge in [-0.05, 0) is 95.9 Å². The highest BCUT2D eigenvalue weighted by atomic mass is 19.4. The molecule has 0 saturated carbocycles. The number of benzene rings is 4. The van der Waals surface area contributed by atoms with E-state index in [-0.39, 0.29) is 26.2 Å². The molecule has 2 amide bonds. The maximum Gasteiger partial charge on any atom is 0.416 e. The highest BCUT2D eigenvalue weighted by Gasteiger charge is 2.32. The molecule has 1 unspecified atom stereocenters. The van der Waals surface area contributed by atoms with E-state index < -0.39 is 35.3 Å². The molecule has 8 nitrogen and oxygen atoms in total. The number of hydrogen-bond donors (Lipinski definition) is 2. The van der Waals surface area contributed by atoms with Crippen LogP contribution < -0.4 is 20.9 Å². The van der Waals surface area contributed by atoms with Crippen molar-refractivity contribution in [2.24, 2.45) is 11.5 Å². The van der Waals surface area contributed by atoms with Gasteiger partial charge in [0, 0.05) is 29.6 Å². The molecule has 2 aliphatic rings. The number of ether oxygens (including phenoxy) is 2. The molecule has 4 heterocycles. The maximum absolute atomic E-state index is 12.8. The summed E-state index contributed by atoms with van der Waals surface area (Å²) in [6, 6.07) is 31.3. The fourth-order valence-corrected chi connectivity index (χ4v) is 6.73. The van der Waals surface area contributed by atoms with Gasteiger partial charge in [0.2, 0.25) is 0 Å². The minimum absolute atomic E-state index is 0. The molecule has 14 heteroatoms. The van der Waals surface area contributed by atoms with E-state index in [2.05, 4.69) is 9.97 Å². The average Bonchev–Trinajstić information content (AvgIpc) is 3.22. The van der Waals surface area contributed by atoms with Gasteiger partial charge < -0.3 is 20.9 Å². The van der Waals surface area contributed by atoms with E-state index in [9.17, 15) is 35.9 Å². The Kier molecular flexibility index (Phi) is 11.9. The summed E-state index contributed by atoms with van der Waals surface area (Å²) in [6.07, 6.45) is -6.22. The third-order valence-corrected chi connectivity index (χ3v) is 9.61. The van der Waals surface area contributed by atoms with Gasteiger partial charge in [-0.1, -0.05) is 62.0 Å². The molecule has 4 aromatic carbocycles. The molecule has 2 aromatic heterocycles. The Hall–Kier alpha value is -6.96. The van der Waals surface area contributed by atoms with E-state index >= 15 is 0 Å². The maximum atomic E-state index is 12.8. The quantitative estimate of drug-likeness (QED) is 0.161. The van der Waals surface area contributed by atoms with Gasteiger partial charge in [0.1, 0.15) is 29.5 Å². The fraction of sp³-hybridized carbons (Fsp3) is 0.156. The van der Waals surface area contributed by atoms with Crippen molar-refractivity contribution in [2.75, 3.05) is 13.2 Å². The molecule has 0 bridgehead atoms. The predicted molar refractivity (Wildman–Crippen MR) is 213 cm³/mol. The van der Waals surface area contributed by atoms with Crippen LogP contribution in [-0.4, -0.2) is 35.0 Å². The smallest absolute Gasteiger partial charge is 0.416 e. The van der Waals surface area contributed by atoms with Crippen LogP contribution in [0, 0.1) is 0 Å². The Balaban J connectivity index is 0.000000220. The molecule has 59 heavy (non-hydrogen) atoms. The first-order valence-electron chi connectivity index (χ1n) is 17.8. The van der Waals surface area contributed by atoms with Crippen molar-refractivity contribution in [1.29, 1.82) is 0 Å². The minimum Gasteiger partial charge on any atom is -0.493 e. The summed E-state index contributed by atoms with van der Waals surface area (Å²) in [5, 5.41) is 0. The lowest BCUT2D eigenvalue weighted by Gasteiger charge is -2.27. The van der Waals surface area contributed by atoms with Crippen molar-refractivity contribution in [3.05, 3.63) is 172 Å². The zero-order chi connectivity index (χ0) is 41.2.